The molecule has 0 aliphatic carbocycles. The van der Waals surface area contributed by atoms with Crippen molar-refractivity contribution in [3.8, 4) is 0 Å². The number of benzene rings is 1. The number of carbonyl (C=O) groups excluding carboxylic acids is 1. The second kappa shape index (κ2) is 5.21. The number of pyridine rings is 1. The zero-order valence-electron chi connectivity index (χ0n) is 8.97. The monoisotopic (exact) mass is 231 g/mol. The molecule has 86 valence electrons. The Morgan fingerprint density at radius 3 is 2.41 bits per heavy atom. The summed E-state index contributed by atoms with van der Waals surface area (Å²) in [4.78, 5) is 15.4. The van der Waals surface area contributed by atoms with Gasteiger partial charge in [-0.2, -0.15) is 0 Å². The van der Waals surface area contributed by atoms with Gasteiger partial charge in [0.25, 0.3) is 0 Å². The number of hydrogen-bond donors (Lipinski definition) is 0. The smallest absolute Gasteiger partial charge is 0.338 e. The molecule has 0 spiro atoms. The van der Waals surface area contributed by atoms with Gasteiger partial charge in [0.2, 0.25) is 0 Å². The van der Waals surface area contributed by atoms with Crippen molar-refractivity contribution in [3.05, 3.63) is 65.7 Å². The van der Waals surface area contributed by atoms with Crippen molar-refractivity contribution >= 4 is 5.97 Å². The third-order valence-electron chi connectivity index (χ3n) is 2.20. The highest BCUT2D eigenvalue weighted by molar-refractivity contribution is 5.89. The number of ether oxygens (including phenoxy) is 1. The van der Waals surface area contributed by atoms with Gasteiger partial charge in [0, 0.05) is 12.4 Å². The minimum Gasteiger partial charge on any atom is -0.457 e. The molecule has 1 aromatic carbocycles. The topological polar surface area (TPSA) is 39.2 Å². The Hall–Kier alpha value is -2.23. The van der Waals surface area contributed by atoms with Crippen LogP contribution in [-0.2, 0) is 11.3 Å². The molecule has 0 unspecified atom stereocenters. The minimum absolute atomic E-state index is 0.126. The number of halogens is 1. The number of carbonyl (C=O) groups is 1. The SMILES string of the molecule is O=C(OCc1ccc(F)cc1)c1ccncc1. The second-order valence-corrected chi connectivity index (χ2v) is 3.44. The lowest BCUT2D eigenvalue weighted by atomic mass is 10.2. The Kier molecular flexibility index (Phi) is 3.45. The molecule has 1 heterocycles. The number of hydrogen-bond acceptors (Lipinski definition) is 3. The molecule has 0 saturated carbocycles. The van der Waals surface area contributed by atoms with E-state index in [-0.39, 0.29) is 12.4 Å². The van der Waals surface area contributed by atoms with Crippen molar-refractivity contribution in [2.24, 2.45) is 0 Å². The lowest BCUT2D eigenvalue weighted by Gasteiger charge is -2.04. The summed E-state index contributed by atoms with van der Waals surface area (Å²) in [6, 6.07) is 8.97. The van der Waals surface area contributed by atoms with Crippen LogP contribution in [0.3, 0.4) is 0 Å². The maximum Gasteiger partial charge on any atom is 0.338 e. The van der Waals surface area contributed by atoms with E-state index in [0.29, 0.717) is 5.56 Å². The lowest BCUT2D eigenvalue weighted by molar-refractivity contribution is 0.0472. The van der Waals surface area contributed by atoms with E-state index in [0.717, 1.165) is 5.56 Å². The van der Waals surface area contributed by atoms with Crippen LogP contribution < -0.4 is 0 Å². The highest BCUT2D eigenvalue weighted by Crippen LogP contribution is 2.06. The normalized spacial score (nSPS) is 9.94. The summed E-state index contributed by atoms with van der Waals surface area (Å²) < 4.78 is 17.7. The summed E-state index contributed by atoms with van der Waals surface area (Å²) in [6.45, 7) is 0.126. The van der Waals surface area contributed by atoms with Crippen LogP contribution >= 0.6 is 0 Å². The molecule has 3 nitrogen and oxygen atoms in total. The molecule has 0 aliphatic rings. The van der Waals surface area contributed by atoms with E-state index in [1.165, 1.54) is 24.5 Å². The van der Waals surface area contributed by atoms with Crippen LogP contribution in [0, 0.1) is 5.82 Å². The van der Waals surface area contributed by atoms with Gasteiger partial charge in [0.05, 0.1) is 5.56 Å². The molecule has 0 fully saturated rings. The first-order valence-corrected chi connectivity index (χ1v) is 5.07. The third kappa shape index (κ3) is 3.11. The zero-order valence-corrected chi connectivity index (χ0v) is 8.97. The predicted octanol–water partition coefficient (Wildman–Crippen LogP) is 2.58. The summed E-state index contributed by atoms with van der Waals surface area (Å²) in [7, 11) is 0. The van der Waals surface area contributed by atoms with E-state index in [4.69, 9.17) is 4.74 Å². The Bertz CT molecular complexity index is 497. The van der Waals surface area contributed by atoms with E-state index >= 15 is 0 Å². The summed E-state index contributed by atoms with van der Waals surface area (Å²) in [6.07, 6.45) is 3.04. The summed E-state index contributed by atoms with van der Waals surface area (Å²) in [5.74, 6) is -0.731. The molecular formula is C13H10FNO2. The fraction of sp³-hybridized carbons (Fsp3) is 0.0769. The number of aromatic nitrogens is 1. The van der Waals surface area contributed by atoms with Crippen LogP contribution in [0.5, 0.6) is 0 Å². The first-order chi connectivity index (χ1) is 8.25. The van der Waals surface area contributed by atoms with E-state index in [2.05, 4.69) is 4.98 Å². The summed E-state index contributed by atoms with van der Waals surface area (Å²) >= 11 is 0. The quantitative estimate of drug-likeness (QED) is 0.762. The molecule has 0 radical (unpaired) electrons. The lowest BCUT2D eigenvalue weighted by Crippen LogP contribution is -2.05. The average molecular weight is 231 g/mol. The number of esters is 1. The zero-order chi connectivity index (χ0) is 12.1. The van der Waals surface area contributed by atoms with Gasteiger partial charge in [-0.15, -0.1) is 0 Å². The van der Waals surface area contributed by atoms with E-state index < -0.39 is 5.97 Å². The molecule has 2 rings (SSSR count). The second-order valence-electron chi connectivity index (χ2n) is 3.44. The maximum atomic E-state index is 12.6. The molecule has 2 aromatic rings. The molecule has 0 bridgehead atoms. The predicted molar refractivity (Wildman–Crippen MR) is 59.8 cm³/mol. The molecule has 0 aliphatic heterocycles. The van der Waals surface area contributed by atoms with E-state index in [9.17, 15) is 9.18 Å². The van der Waals surface area contributed by atoms with Crippen molar-refractivity contribution < 1.29 is 13.9 Å². The van der Waals surface area contributed by atoms with Crippen molar-refractivity contribution in [3.63, 3.8) is 0 Å². The number of rotatable bonds is 3. The largest absolute Gasteiger partial charge is 0.457 e. The van der Waals surface area contributed by atoms with Crippen LogP contribution in [0.1, 0.15) is 15.9 Å². The highest BCUT2D eigenvalue weighted by Gasteiger charge is 2.06. The fourth-order valence-corrected chi connectivity index (χ4v) is 1.30. The van der Waals surface area contributed by atoms with Gasteiger partial charge in [-0.1, -0.05) is 12.1 Å². The van der Waals surface area contributed by atoms with Crippen LogP contribution in [-0.4, -0.2) is 11.0 Å². The van der Waals surface area contributed by atoms with Crippen molar-refractivity contribution in [2.45, 2.75) is 6.61 Å². The summed E-state index contributed by atoms with van der Waals surface area (Å²) in [5.41, 5.74) is 1.19. The number of nitrogens with zero attached hydrogens (tertiary/aromatic N) is 1. The van der Waals surface area contributed by atoms with Crippen LogP contribution in [0.25, 0.3) is 0 Å². The molecule has 17 heavy (non-hydrogen) atoms. The van der Waals surface area contributed by atoms with Gasteiger partial charge < -0.3 is 4.74 Å². The Morgan fingerprint density at radius 1 is 1.12 bits per heavy atom. The van der Waals surface area contributed by atoms with E-state index in [1.807, 2.05) is 0 Å². The Labute approximate surface area is 97.9 Å². The Balaban J connectivity index is 1.95. The third-order valence-corrected chi connectivity index (χ3v) is 2.20. The minimum atomic E-state index is -0.420. The van der Waals surface area contributed by atoms with Crippen molar-refractivity contribution in [1.82, 2.24) is 4.98 Å². The van der Waals surface area contributed by atoms with Gasteiger partial charge in [0.15, 0.2) is 0 Å². The first-order valence-electron chi connectivity index (χ1n) is 5.07. The molecule has 4 heteroatoms. The standard InChI is InChI=1S/C13H10FNO2/c14-12-3-1-10(2-4-12)9-17-13(16)11-5-7-15-8-6-11/h1-8H,9H2. The van der Waals surface area contributed by atoms with Crippen LogP contribution in [0.2, 0.25) is 0 Å². The van der Waals surface area contributed by atoms with Crippen LogP contribution in [0.15, 0.2) is 48.8 Å². The fourth-order valence-electron chi connectivity index (χ4n) is 1.30. The molecular weight excluding hydrogens is 221 g/mol. The highest BCUT2D eigenvalue weighted by atomic mass is 19.1. The Morgan fingerprint density at radius 2 is 1.76 bits per heavy atom. The van der Waals surface area contributed by atoms with Gasteiger partial charge in [0.1, 0.15) is 12.4 Å². The van der Waals surface area contributed by atoms with Crippen LogP contribution in [0.4, 0.5) is 4.39 Å². The van der Waals surface area contributed by atoms with Crippen molar-refractivity contribution in [1.29, 1.82) is 0 Å². The molecule has 0 saturated heterocycles. The molecule has 0 atom stereocenters. The van der Waals surface area contributed by atoms with Gasteiger partial charge in [-0.25, -0.2) is 9.18 Å². The van der Waals surface area contributed by atoms with Gasteiger partial charge >= 0.3 is 5.97 Å². The average Bonchev–Trinajstić information content (AvgIpc) is 2.39. The molecule has 0 N–H and O–H groups in total. The molecule has 1 aromatic heterocycles. The molecule has 0 amide bonds. The van der Waals surface area contributed by atoms with E-state index in [1.54, 1.807) is 24.3 Å². The van der Waals surface area contributed by atoms with Crippen molar-refractivity contribution in [2.75, 3.05) is 0 Å². The first kappa shape index (κ1) is 11.3. The summed E-state index contributed by atoms with van der Waals surface area (Å²) in [5, 5.41) is 0. The van der Waals surface area contributed by atoms with Gasteiger partial charge in [-0.05, 0) is 29.8 Å². The maximum absolute atomic E-state index is 12.6. The van der Waals surface area contributed by atoms with Gasteiger partial charge in [-0.3, -0.25) is 4.98 Å².